The summed E-state index contributed by atoms with van der Waals surface area (Å²) < 4.78 is 6.72. The molecule has 1 aromatic rings. The molecule has 0 amide bonds. The minimum Gasteiger partial charge on any atom is -0.394 e. The number of rotatable bonds is 5. The number of ether oxygens (including phenoxy) is 1. The first-order chi connectivity index (χ1) is 9.60. The molecule has 8 heteroatoms. The lowest BCUT2D eigenvalue weighted by molar-refractivity contribution is -0.0459. The van der Waals surface area contributed by atoms with Crippen LogP contribution in [0.4, 0.5) is 5.82 Å². The van der Waals surface area contributed by atoms with E-state index in [1.54, 1.807) is 6.20 Å². The monoisotopic (exact) mass is 285 g/mol. The minimum atomic E-state index is -0.817. The first-order valence-electron chi connectivity index (χ1n) is 6.57. The van der Waals surface area contributed by atoms with Gasteiger partial charge in [-0.05, 0) is 6.42 Å². The van der Waals surface area contributed by atoms with Gasteiger partial charge in [-0.1, -0.05) is 13.3 Å². The molecule has 3 atom stereocenters. The number of nitrogens with one attached hydrogen (secondary N) is 1. The predicted molar refractivity (Wildman–Crippen MR) is 69.5 cm³/mol. The zero-order chi connectivity index (χ0) is 14.7. The van der Waals surface area contributed by atoms with Gasteiger partial charge in [0.05, 0.1) is 12.7 Å². The molecule has 1 aliphatic rings. The Morgan fingerprint density at radius 2 is 2.35 bits per heavy atom. The van der Waals surface area contributed by atoms with Gasteiger partial charge in [-0.15, -0.1) is 0 Å². The van der Waals surface area contributed by atoms with Crippen LogP contribution in [-0.4, -0.2) is 43.8 Å². The third-order valence-electron chi connectivity index (χ3n) is 3.35. The first kappa shape index (κ1) is 14.9. The lowest BCUT2D eigenvalue weighted by atomic mass is 10.1. The van der Waals surface area contributed by atoms with Crippen molar-refractivity contribution >= 4 is 5.82 Å². The van der Waals surface area contributed by atoms with Gasteiger partial charge in [0.1, 0.15) is 12.3 Å². The summed E-state index contributed by atoms with van der Waals surface area (Å²) in [5.41, 5.74) is 2.01. The van der Waals surface area contributed by atoms with Gasteiger partial charge in [-0.2, -0.15) is 4.98 Å². The molecule has 0 bridgehead atoms. The van der Waals surface area contributed by atoms with Crippen LogP contribution in [0.1, 0.15) is 31.6 Å². The van der Waals surface area contributed by atoms with Crippen molar-refractivity contribution in [2.45, 2.75) is 44.6 Å². The topological polar surface area (TPSA) is 117 Å². The smallest absolute Gasteiger partial charge is 0.351 e. The van der Waals surface area contributed by atoms with Gasteiger partial charge >= 0.3 is 5.69 Å². The van der Waals surface area contributed by atoms with Gasteiger partial charge in [-0.3, -0.25) is 15.3 Å². The van der Waals surface area contributed by atoms with Crippen LogP contribution >= 0.6 is 0 Å². The molecular weight excluding hydrogens is 266 g/mol. The Kier molecular flexibility index (Phi) is 4.71. The fraction of sp³-hybridized carbons (Fsp3) is 0.667. The maximum absolute atomic E-state index is 11.9. The largest absolute Gasteiger partial charge is 0.394 e. The summed E-state index contributed by atoms with van der Waals surface area (Å²) in [6.07, 6.45) is 1.06. The van der Waals surface area contributed by atoms with Gasteiger partial charge in [0.2, 0.25) is 0 Å². The standard InChI is InChI=1S/C12H19N3O5/c1-2-3-7-5-15(12(18)13-11(7)14-19)10-4-8(17)9(6-16)20-10/h5,8-10,16-17,19H,2-4,6H2,1H3,(H,13,14,18)/t8?,9-,10-/m1/s1. The molecule has 0 aliphatic carbocycles. The van der Waals surface area contributed by atoms with E-state index < -0.39 is 24.1 Å². The molecule has 0 radical (unpaired) electrons. The summed E-state index contributed by atoms with van der Waals surface area (Å²) in [7, 11) is 0. The van der Waals surface area contributed by atoms with Crippen molar-refractivity contribution < 1.29 is 20.2 Å². The van der Waals surface area contributed by atoms with Crippen LogP contribution in [0.5, 0.6) is 0 Å². The Labute approximate surface area is 115 Å². The van der Waals surface area contributed by atoms with Crippen LogP contribution in [-0.2, 0) is 11.2 Å². The van der Waals surface area contributed by atoms with Crippen molar-refractivity contribution in [2.75, 3.05) is 12.1 Å². The molecule has 4 N–H and O–H groups in total. The van der Waals surface area contributed by atoms with E-state index in [4.69, 9.17) is 15.1 Å². The van der Waals surface area contributed by atoms with Crippen LogP contribution in [0.2, 0.25) is 0 Å². The second-order valence-corrected chi connectivity index (χ2v) is 4.78. The molecule has 8 nitrogen and oxygen atoms in total. The molecule has 2 rings (SSSR count). The second-order valence-electron chi connectivity index (χ2n) is 4.78. The number of anilines is 1. The van der Waals surface area contributed by atoms with E-state index in [-0.39, 0.29) is 18.8 Å². The average molecular weight is 285 g/mol. The summed E-state index contributed by atoms with van der Waals surface area (Å²) in [6.45, 7) is 1.66. The molecule has 20 heavy (non-hydrogen) atoms. The molecule has 2 heterocycles. The van der Waals surface area contributed by atoms with Gasteiger partial charge in [0, 0.05) is 18.2 Å². The van der Waals surface area contributed by atoms with Crippen LogP contribution in [0.15, 0.2) is 11.0 Å². The van der Waals surface area contributed by atoms with Crippen molar-refractivity contribution in [3.8, 4) is 0 Å². The van der Waals surface area contributed by atoms with Crippen LogP contribution in [0.25, 0.3) is 0 Å². The lowest BCUT2D eigenvalue weighted by Crippen LogP contribution is -2.29. The number of hydrogen-bond acceptors (Lipinski definition) is 7. The van der Waals surface area contributed by atoms with E-state index in [9.17, 15) is 9.90 Å². The van der Waals surface area contributed by atoms with Crippen molar-refractivity contribution in [1.82, 2.24) is 9.55 Å². The molecule has 1 aliphatic heterocycles. The lowest BCUT2D eigenvalue weighted by Gasteiger charge is -2.16. The molecule has 0 aromatic carbocycles. The van der Waals surface area contributed by atoms with E-state index in [0.717, 1.165) is 6.42 Å². The van der Waals surface area contributed by atoms with Gasteiger partial charge in [-0.25, -0.2) is 4.79 Å². The van der Waals surface area contributed by atoms with E-state index >= 15 is 0 Å². The predicted octanol–water partition coefficient (Wildman–Crippen LogP) is -0.362. The normalized spacial score (nSPS) is 25.9. The molecule has 1 fully saturated rings. The Morgan fingerprint density at radius 3 is 2.90 bits per heavy atom. The van der Waals surface area contributed by atoms with E-state index in [2.05, 4.69) is 4.98 Å². The second kappa shape index (κ2) is 6.31. The molecule has 1 aromatic heterocycles. The highest BCUT2D eigenvalue weighted by molar-refractivity contribution is 5.40. The number of aromatic nitrogens is 2. The number of aliphatic hydroxyl groups excluding tert-OH is 2. The third kappa shape index (κ3) is 2.83. The van der Waals surface area contributed by atoms with Crippen LogP contribution in [0.3, 0.4) is 0 Å². The first-order valence-corrected chi connectivity index (χ1v) is 6.57. The quantitative estimate of drug-likeness (QED) is 0.546. The highest BCUT2D eigenvalue weighted by Gasteiger charge is 2.35. The zero-order valence-corrected chi connectivity index (χ0v) is 11.2. The third-order valence-corrected chi connectivity index (χ3v) is 3.35. The Bertz CT molecular complexity index is 518. The molecule has 112 valence electrons. The van der Waals surface area contributed by atoms with Gasteiger partial charge < -0.3 is 14.9 Å². The zero-order valence-electron chi connectivity index (χ0n) is 11.2. The Hall–Kier alpha value is -1.48. The SMILES string of the molecule is CCCc1cn([C@H]2CC(O)[C@@H](CO)O2)c(=O)nc1NO. The summed E-state index contributed by atoms with van der Waals surface area (Å²) in [6, 6.07) is 0. The van der Waals surface area contributed by atoms with Crippen molar-refractivity contribution in [3.63, 3.8) is 0 Å². The molecule has 1 saturated heterocycles. The number of hydrogen-bond donors (Lipinski definition) is 4. The van der Waals surface area contributed by atoms with Gasteiger partial charge in [0.25, 0.3) is 0 Å². The van der Waals surface area contributed by atoms with Crippen LogP contribution in [0, 0.1) is 0 Å². The summed E-state index contributed by atoms with van der Waals surface area (Å²) in [5.74, 6) is 0.130. The number of aryl methyl sites for hydroxylation is 1. The maximum Gasteiger partial charge on any atom is 0.351 e. The van der Waals surface area contributed by atoms with E-state index in [1.165, 1.54) is 4.57 Å². The summed E-state index contributed by atoms with van der Waals surface area (Å²) >= 11 is 0. The van der Waals surface area contributed by atoms with E-state index in [1.807, 2.05) is 12.4 Å². The summed E-state index contributed by atoms with van der Waals surface area (Å²) in [4.78, 5) is 15.7. The summed E-state index contributed by atoms with van der Waals surface area (Å²) in [5, 5.41) is 27.8. The van der Waals surface area contributed by atoms with Crippen molar-refractivity contribution in [3.05, 3.63) is 22.2 Å². The Morgan fingerprint density at radius 1 is 1.60 bits per heavy atom. The highest BCUT2D eigenvalue weighted by Crippen LogP contribution is 2.28. The number of nitrogens with zero attached hydrogens (tertiary/aromatic N) is 2. The average Bonchev–Trinajstić information content (AvgIpc) is 2.81. The minimum absolute atomic E-state index is 0.130. The molecular formula is C12H19N3O5. The van der Waals surface area contributed by atoms with Gasteiger partial charge in [0.15, 0.2) is 5.82 Å². The van der Waals surface area contributed by atoms with E-state index in [0.29, 0.717) is 12.0 Å². The van der Waals surface area contributed by atoms with Crippen molar-refractivity contribution in [1.29, 1.82) is 0 Å². The Balaban J connectivity index is 2.32. The molecule has 0 saturated carbocycles. The fourth-order valence-corrected chi connectivity index (χ4v) is 2.32. The highest BCUT2D eigenvalue weighted by atomic mass is 16.5. The maximum atomic E-state index is 11.9. The molecule has 0 spiro atoms. The number of aliphatic hydroxyl groups is 2. The molecule has 1 unspecified atom stereocenters. The van der Waals surface area contributed by atoms with Crippen LogP contribution < -0.4 is 11.2 Å². The van der Waals surface area contributed by atoms with Crippen molar-refractivity contribution in [2.24, 2.45) is 0 Å². The fourth-order valence-electron chi connectivity index (χ4n) is 2.32.